The van der Waals surface area contributed by atoms with Gasteiger partial charge in [0.15, 0.2) is 0 Å². The maximum atomic E-state index is 11.7. The molecule has 33 heavy (non-hydrogen) atoms. The van der Waals surface area contributed by atoms with Crippen molar-refractivity contribution in [2.24, 2.45) is 0 Å². The lowest BCUT2D eigenvalue weighted by atomic mass is 9.95. The highest BCUT2D eigenvalue weighted by molar-refractivity contribution is 7.99. The van der Waals surface area contributed by atoms with E-state index < -0.39 is 15.0 Å². The molecular weight excluding hydrogens is 466 g/mol. The van der Waals surface area contributed by atoms with Gasteiger partial charge in [-0.3, -0.25) is 14.7 Å². The number of hydrogen-bond acceptors (Lipinski definition) is 7. The molecule has 10 heteroatoms. The molecule has 1 unspecified atom stereocenters. The summed E-state index contributed by atoms with van der Waals surface area (Å²) in [7, 11) is -2.82. The lowest BCUT2D eigenvalue weighted by molar-refractivity contribution is -0.385. The van der Waals surface area contributed by atoms with Gasteiger partial charge in [0, 0.05) is 17.7 Å². The summed E-state index contributed by atoms with van der Waals surface area (Å²) >= 11 is 1.81. The third kappa shape index (κ3) is 6.47. The molecule has 1 heterocycles. The first-order chi connectivity index (χ1) is 15.7. The van der Waals surface area contributed by atoms with Crippen LogP contribution in [0.4, 0.5) is 5.69 Å². The van der Waals surface area contributed by atoms with Crippen LogP contribution in [0.1, 0.15) is 47.3 Å². The maximum absolute atomic E-state index is 11.7. The average Bonchev–Trinajstić information content (AvgIpc) is 2.97. The predicted molar refractivity (Wildman–Crippen MR) is 128 cm³/mol. The highest BCUT2D eigenvalue weighted by Crippen LogP contribution is 2.42. The number of thioether (sulfide) groups is 1. The van der Waals surface area contributed by atoms with Gasteiger partial charge in [0.25, 0.3) is 15.8 Å². The zero-order valence-corrected chi connectivity index (χ0v) is 20.4. The Morgan fingerprint density at radius 2 is 2.03 bits per heavy atom. The molecule has 1 atom stereocenters. The summed E-state index contributed by atoms with van der Waals surface area (Å²) in [5, 5.41) is 11.1. The second-order valence-electron chi connectivity index (χ2n) is 7.93. The van der Waals surface area contributed by atoms with E-state index in [0.29, 0.717) is 6.61 Å². The van der Waals surface area contributed by atoms with Gasteiger partial charge in [0.2, 0.25) is 0 Å². The van der Waals surface area contributed by atoms with Crippen molar-refractivity contribution in [3.8, 4) is 5.75 Å². The van der Waals surface area contributed by atoms with Gasteiger partial charge in [-0.25, -0.2) is 0 Å². The van der Waals surface area contributed by atoms with Gasteiger partial charge < -0.3 is 9.47 Å². The van der Waals surface area contributed by atoms with Gasteiger partial charge in [-0.15, -0.1) is 0 Å². The molecule has 0 aliphatic carbocycles. The van der Waals surface area contributed by atoms with Crippen LogP contribution in [0.3, 0.4) is 0 Å². The SMILES string of the molecule is CCCc1cc2c(c(OC)c1)C(COCCc1cc([N+](=O)[O-])ccc1S(=O)(=O)O)SCCC2. The molecule has 0 saturated heterocycles. The molecule has 0 amide bonds. The van der Waals surface area contributed by atoms with E-state index >= 15 is 0 Å². The largest absolute Gasteiger partial charge is 0.496 e. The summed E-state index contributed by atoms with van der Waals surface area (Å²) in [6, 6.07) is 7.65. The van der Waals surface area contributed by atoms with Crippen LogP contribution < -0.4 is 4.74 Å². The molecule has 0 fully saturated rings. The molecule has 0 aromatic heterocycles. The molecular formula is C23H29NO7S2. The summed E-state index contributed by atoms with van der Waals surface area (Å²) in [6.07, 6.45) is 4.23. The number of ether oxygens (including phenoxy) is 2. The van der Waals surface area contributed by atoms with Crippen molar-refractivity contribution < 1.29 is 27.4 Å². The van der Waals surface area contributed by atoms with E-state index in [1.807, 2.05) is 0 Å². The van der Waals surface area contributed by atoms with E-state index in [9.17, 15) is 23.1 Å². The second kappa shape index (κ2) is 11.3. The first-order valence-electron chi connectivity index (χ1n) is 10.9. The Kier molecular flexibility index (Phi) is 8.75. The van der Waals surface area contributed by atoms with Crippen molar-refractivity contribution >= 4 is 27.6 Å². The first-order valence-corrected chi connectivity index (χ1v) is 13.4. The molecule has 0 radical (unpaired) electrons. The van der Waals surface area contributed by atoms with Crippen molar-refractivity contribution in [2.75, 3.05) is 26.1 Å². The van der Waals surface area contributed by atoms with Crippen LogP contribution in [0.2, 0.25) is 0 Å². The van der Waals surface area contributed by atoms with E-state index in [0.717, 1.165) is 54.9 Å². The normalized spacial score (nSPS) is 16.2. The van der Waals surface area contributed by atoms with Gasteiger partial charge in [0.1, 0.15) is 5.75 Å². The average molecular weight is 496 g/mol. The number of hydrogen-bond donors (Lipinski definition) is 1. The van der Waals surface area contributed by atoms with Crippen molar-refractivity contribution in [3.63, 3.8) is 0 Å². The smallest absolute Gasteiger partial charge is 0.294 e. The number of rotatable bonds is 10. The molecule has 3 rings (SSSR count). The van der Waals surface area contributed by atoms with Gasteiger partial charge in [-0.1, -0.05) is 19.4 Å². The van der Waals surface area contributed by atoms with Gasteiger partial charge in [0.05, 0.1) is 35.4 Å². The molecule has 0 spiro atoms. The van der Waals surface area contributed by atoms with Crippen LogP contribution in [0.15, 0.2) is 35.2 Å². The van der Waals surface area contributed by atoms with Crippen LogP contribution in [0, 0.1) is 10.1 Å². The lowest BCUT2D eigenvalue weighted by Crippen LogP contribution is -2.12. The van der Waals surface area contributed by atoms with Crippen LogP contribution in [-0.2, 0) is 34.1 Å². The summed E-state index contributed by atoms with van der Waals surface area (Å²) in [4.78, 5) is 10.1. The maximum Gasteiger partial charge on any atom is 0.294 e. The molecule has 180 valence electrons. The minimum absolute atomic E-state index is 0.0688. The van der Waals surface area contributed by atoms with Crippen LogP contribution in [0.5, 0.6) is 5.75 Å². The third-order valence-electron chi connectivity index (χ3n) is 5.60. The van der Waals surface area contributed by atoms with Crippen LogP contribution in [0.25, 0.3) is 0 Å². The highest BCUT2D eigenvalue weighted by atomic mass is 32.2. The van der Waals surface area contributed by atoms with E-state index in [1.54, 1.807) is 18.9 Å². The summed E-state index contributed by atoms with van der Waals surface area (Å²) < 4.78 is 44.4. The Bertz CT molecular complexity index is 1100. The highest BCUT2D eigenvalue weighted by Gasteiger charge is 2.25. The first kappa shape index (κ1) is 25.5. The fraction of sp³-hybridized carbons (Fsp3) is 0.478. The van der Waals surface area contributed by atoms with E-state index in [2.05, 4.69) is 19.1 Å². The molecule has 0 saturated carbocycles. The number of fused-ring (bicyclic) bond motifs is 1. The fourth-order valence-electron chi connectivity index (χ4n) is 4.12. The lowest BCUT2D eigenvalue weighted by Gasteiger charge is -2.21. The standard InChI is InChI=1S/C23H29NO7S2/c1-3-5-16-12-18-6-4-11-32-21(23(18)20(13-16)30-2)15-31-10-9-17-14-19(24(25)26)7-8-22(17)33(27,28)29/h7-8,12-14,21H,3-6,9-11,15H2,1-2H3,(H,27,28,29). The van der Waals surface area contributed by atoms with E-state index in [1.165, 1.54) is 17.2 Å². The fourth-order valence-corrected chi connectivity index (χ4v) is 6.08. The number of nitro groups is 1. The number of non-ortho nitro benzene ring substituents is 1. The molecule has 2 aromatic carbocycles. The van der Waals surface area contributed by atoms with Gasteiger partial charge >= 0.3 is 0 Å². The van der Waals surface area contributed by atoms with Crippen molar-refractivity contribution in [1.82, 2.24) is 0 Å². The number of aryl methyl sites for hydroxylation is 2. The minimum atomic E-state index is -4.50. The van der Waals surface area contributed by atoms with Crippen LogP contribution in [-0.4, -0.2) is 44.0 Å². The van der Waals surface area contributed by atoms with Crippen molar-refractivity contribution in [2.45, 2.75) is 49.2 Å². The Morgan fingerprint density at radius 1 is 1.24 bits per heavy atom. The minimum Gasteiger partial charge on any atom is -0.496 e. The Labute approximate surface area is 198 Å². The van der Waals surface area contributed by atoms with Crippen molar-refractivity contribution in [1.29, 1.82) is 0 Å². The molecule has 0 bridgehead atoms. The van der Waals surface area contributed by atoms with Crippen LogP contribution >= 0.6 is 11.8 Å². The summed E-state index contributed by atoms with van der Waals surface area (Å²) in [5.41, 5.74) is 3.61. The topological polar surface area (TPSA) is 116 Å². The van der Waals surface area contributed by atoms with E-state index in [-0.39, 0.29) is 34.4 Å². The summed E-state index contributed by atoms with van der Waals surface area (Å²) in [6.45, 7) is 2.71. The number of benzene rings is 2. The monoisotopic (exact) mass is 495 g/mol. The number of nitro benzene ring substituents is 1. The Morgan fingerprint density at radius 3 is 2.70 bits per heavy atom. The molecule has 1 N–H and O–H groups in total. The molecule has 8 nitrogen and oxygen atoms in total. The zero-order chi connectivity index (χ0) is 24.0. The molecule has 1 aliphatic heterocycles. The second-order valence-corrected chi connectivity index (χ2v) is 10.6. The number of nitrogens with zero attached hydrogens (tertiary/aromatic N) is 1. The quantitative estimate of drug-likeness (QED) is 0.217. The van der Waals surface area contributed by atoms with E-state index in [4.69, 9.17) is 9.47 Å². The van der Waals surface area contributed by atoms with Gasteiger partial charge in [-0.2, -0.15) is 20.2 Å². The predicted octanol–water partition coefficient (Wildman–Crippen LogP) is 4.78. The third-order valence-corrected chi connectivity index (χ3v) is 7.85. The van der Waals surface area contributed by atoms with Crippen molar-refractivity contribution in [3.05, 3.63) is 62.7 Å². The van der Waals surface area contributed by atoms with Gasteiger partial charge in [-0.05, 0) is 60.3 Å². The number of methoxy groups -OCH3 is 1. The Balaban J connectivity index is 1.75. The summed E-state index contributed by atoms with van der Waals surface area (Å²) in [5.74, 6) is 1.86. The zero-order valence-electron chi connectivity index (χ0n) is 18.8. The Hall–Kier alpha value is -2.14. The molecule has 2 aromatic rings. The molecule has 1 aliphatic rings.